The number of hydrogen-bond donors (Lipinski definition) is 0. The number of hydrogen-bond acceptors (Lipinski definition) is 1. The Bertz CT molecular complexity index is 315. The van der Waals surface area contributed by atoms with E-state index in [4.69, 9.17) is 0 Å². The van der Waals surface area contributed by atoms with Crippen LogP contribution in [0.3, 0.4) is 0 Å². The molecule has 0 aromatic rings. The van der Waals surface area contributed by atoms with Crippen LogP contribution in [-0.4, -0.2) is 18.1 Å². The monoisotopic (exact) mass is 291 g/mol. The Morgan fingerprint density at radius 1 is 1.47 bits per heavy atom. The minimum atomic E-state index is -4.37. The molecule has 1 aliphatic heterocycles. The summed E-state index contributed by atoms with van der Waals surface area (Å²) in [4.78, 5) is 1.29. The number of allylic oxidation sites excluding steroid dienone is 3. The first-order chi connectivity index (χ1) is 6.36. The van der Waals surface area contributed by atoms with Gasteiger partial charge in [-0.05, 0) is 12.6 Å². The number of rotatable bonds is 1. The molecule has 0 fully saturated rings. The first-order valence-corrected chi connectivity index (χ1v) is 4.20. The van der Waals surface area contributed by atoms with E-state index in [1.807, 2.05) is 0 Å². The molecular weight excluding hydrogens is 280 g/mol. The minimum absolute atomic E-state index is 0. The van der Waals surface area contributed by atoms with Crippen molar-refractivity contribution in [3.63, 3.8) is 0 Å². The van der Waals surface area contributed by atoms with E-state index in [1.54, 1.807) is 13.1 Å². The summed E-state index contributed by atoms with van der Waals surface area (Å²) in [5.41, 5.74) is -0.156. The fraction of sp³-hybridized carbons (Fsp3) is 0.400. The summed E-state index contributed by atoms with van der Waals surface area (Å²) in [5, 5.41) is 0. The summed E-state index contributed by atoms with van der Waals surface area (Å²) in [6.07, 6.45) is -0.0147. The Kier molecular flexibility index (Phi) is 5.27. The van der Waals surface area contributed by atoms with Gasteiger partial charge in [-0.15, -0.1) is 23.9 Å². The van der Waals surface area contributed by atoms with Crippen LogP contribution in [-0.2, 0) is 32.7 Å². The summed E-state index contributed by atoms with van der Waals surface area (Å²) in [6, 6.07) is 0. The van der Waals surface area contributed by atoms with Gasteiger partial charge in [0.05, 0.1) is 0 Å². The van der Waals surface area contributed by atoms with Gasteiger partial charge in [0.15, 0.2) is 0 Å². The second-order valence-corrected chi connectivity index (χ2v) is 3.08. The molecule has 1 nitrogen and oxygen atoms in total. The molecule has 0 unspecified atom stereocenters. The van der Waals surface area contributed by atoms with Gasteiger partial charge in [0.1, 0.15) is 0 Å². The molecule has 0 spiro atoms. The zero-order valence-electron chi connectivity index (χ0n) is 8.65. The van der Waals surface area contributed by atoms with Crippen molar-refractivity contribution in [2.75, 3.05) is 7.05 Å². The molecule has 0 saturated carbocycles. The maximum absolute atomic E-state index is 12.5. The first kappa shape index (κ1) is 14.9. The second kappa shape index (κ2) is 5.31. The third-order valence-electron chi connectivity index (χ3n) is 1.99. The Hall–Kier alpha value is -0.0861. The zero-order valence-corrected chi connectivity index (χ0v) is 11.5. The molecule has 0 amide bonds. The van der Waals surface area contributed by atoms with E-state index in [1.165, 1.54) is 11.9 Å². The van der Waals surface area contributed by atoms with Gasteiger partial charge in [0.2, 0.25) is 0 Å². The largest absolute Gasteiger partial charge is 0.463 e. The number of nitrogens with zero attached hydrogens (tertiary/aromatic N) is 1. The molecule has 1 heterocycles. The van der Waals surface area contributed by atoms with Gasteiger partial charge in [-0.25, -0.2) is 0 Å². The van der Waals surface area contributed by atoms with Crippen molar-refractivity contribution < 1.29 is 45.9 Å². The van der Waals surface area contributed by atoms with Crippen LogP contribution >= 0.6 is 0 Å². The molecule has 5 heteroatoms. The SMILES string of the molecule is C=C1C(C(F)(F)F)=[C-]N(C)C=C1CC.[Y]. The quantitative estimate of drug-likeness (QED) is 0.671. The predicted octanol–water partition coefficient (Wildman–Crippen LogP) is 3.03. The van der Waals surface area contributed by atoms with E-state index in [0.29, 0.717) is 12.0 Å². The van der Waals surface area contributed by atoms with E-state index in [0.717, 1.165) is 0 Å². The molecule has 0 bridgehead atoms. The average molecular weight is 291 g/mol. The van der Waals surface area contributed by atoms with E-state index in [-0.39, 0.29) is 38.3 Å². The summed E-state index contributed by atoms with van der Waals surface area (Å²) in [5.74, 6) is 0. The van der Waals surface area contributed by atoms with Gasteiger partial charge < -0.3 is 4.90 Å². The van der Waals surface area contributed by atoms with Gasteiger partial charge >= 0.3 is 6.18 Å². The van der Waals surface area contributed by atoms with Crippen LogP contribution in [0.5, 0.6) is 0 Å². The number of halogens is 3. The maximum atomic E-state index is 12.5. The zero-order chi connectivity index (χ0) is 10.9. The normalized spacial score (nSPS) is 16.9. The number of alkyl halides is 3. The van der Waals surface area contributed by atoms with Crippen LogP contribution in [0.2, 0.25) is 0 Å². The van der Waals surface area contributed by atoms with Crippen molar-refractivity contribution >= 4 is 0 Å². The minimum Gasteiger partial charge on any atom is -0.463 e. The van der Waals surface area contributed by atoms with Crippen molar-refractivity contribution in [1.82, 2.24) is 4.90 Å². The summed E-state index contributed by atoms with van der Waals surface area (Å²) in [6.45, 7) is 5.23. The third kappa shape index (κ3) is 3.45. The molecule has 1 radical (unpaired) electrons. The molecule has 0 aromatic heterocycles. The van der Waals surface area contributed by atoms with Gasteiger partial charge in [0, 0.05) is 32.7 Å². The Morgan fingerprint density at radius 3 is 2.40 bits per heavy atom. The first-order valence-electron chi connectivity index (χ1n) is 4.20. The van der Waals surface area contributed by atoms with Crippen LogP contribution in [0.15, 0.2) is 29.5 Å². The van der Waals surface area contributed by atoms with Crippen LogP contribution in [0.1, 0.15) is 13.3 Å². The van der Waals surface area contributed by atoms with Crippen molar-refractivity contribution in [2.24, 2.45) is 0 Å². The molecule has 1 aliphatic rings. The van der Waals surface area contributed by atoms with E-state index < -0.39 is 11.7 Å². The summed E-state index contributed by atoms with van der Waals surface area (Å²) >= 11 is 0. The van der Waals surface area contributed by atoms with Crippen LogP contribution in [0, 0.1) is 6.20 Å². The van der Waals surface area contributed by atoms with Crippen molar-refractivity contribution in [3.05, 3.63) is 35.7 Å². The molecule has 0 atom stereocenters. The smallest absolute Gasteiger partial charge is 0.396 e. The molecular formula is C10H11F3NY-. The standard InChI is InChI=1S/C10H11F3N.Y/c1-4-8-5-14(3)6-9(7(8)2)10(11,12)13;/h5H,2,4H2,1,3H3;/q-1;. The van der Waals surface area contributed by atoms with Gasteiger partial charge in [-0.2, -0.15) is 13.2 Å². The van der Waals surface area contributed by atoms with Gasteiger partial charge in [-0.3, -0.25) is 0 Å². The van der Waals surface area contributed by atoms with E-state index in [9.17, 15) is 13.2 Å². The fourth-order valence-electron chi connectivity index (χ4n) is 1.29. The average Bonchev–Trinajstić information content (AvgIpc) is 2.06. The van der Waals surface area contributed by atoms with Crippen molar-refractivity contribution in [2.45, 2.75) is 19.5 Å². The Morgan fingerprint density at radius 2 is 2.00 bits per heavy atom. The Balaban J connectivity index is 0.00000196. The van der Waals surface area contributed by atoms with Crippen molar-refractivity contribution in [1.29, 1.82) is 0 Å². The Labute approximate surface area is 113 Å². The molecule has 15 heavy (non-hydrogen) atoms. The van der Waals surface area contributed by atoms with Gasteiger partial charge in [0.25, 0.3) is 0 Å². The van der Waals surface area contributed by atoms with Crippen molar-refractivity contribution in [3.8, 4) is 0 Å². The predicted molar refractivity (Wildman–Crippen MR) is 48.1 cm³/mol. The molecule has 0 N–H and O–H groups in total. The van der Waals surface area contributed by atoms with Crippen LogP contribution in [0.25, 0.3) is 0 Å². The third-order valence-corrected chi connectivity index (χ3v) is 1.99. The van der Waals surface area contributed by atoms with Crippen LogP contribution < -0.4 is 0 Å². The topological polar surface area (TPSA) is 3.24 Å². The molecule has 0 saturated heterocycles. The molecule has 0 aliphatic carbocycles. The molecule has 81 valence electrons. The van der Waals surface area contributed by atoms with Gasteiger partial charge in [-0.1, -0.05) is 19.5 Å². The summed E-state index contributed by atoms with van der Waals surface area (Å²) < 4.78 is 37.4. The second-order valence-electron chi connectivity index (χ2n) is 3.08. The fourth-order valence-corrected chi connectivity index (χ4v) is 1.29. The maximum Gasteiger partial charge on any atom is 0.396 e. The van der Waals surface area contributed by atoms with E-state index in [2.05, 4.69) is 12.8 Å². The molecule has 0 aromatic carbocycles. The van der Waals surface area contributed by atoms with E-state index >= 15 is 0 Å². The summed E-state index contributed by atoms with van der Waals surface area (Å²) in [7, 11) is 1.52. The van der Waals surface area contributed by atoms with Crippen LogP contribution in [0.4, 0.5) is 13.2 Å². The molecule has 1 rings (SSSR count).